The number of aromatic carboxylic acids is 1. The minimum atomic E-state index is -1.18. The minimum Gasteiger partial charge on any atom is -0.477 e. The first-order valence-electron chi connectivity index (χ1n) is 5.90. The fourth-order valence-electron chi connectivity index (χ4n) is 1.96. The van der Waals surface area contributed by atoms with Crippen LogP contribution in [0.2, 0.25) is 0 Å². The van der Waals surface area contributed by atoms with Gasteiger partial charge in [0.25, 0.3) is 5.91 Å². The van der Waals surface area contributed by atoms with E-state index in [0.717, 1.165) is 4.52 Å². The molecule has 0 radical (unpaired) electrons. The molecule has 1 amide bonds. The van der Waals surface area contributed by atoms with E-state index in [4.69, 9.17) is 5.73 Å². The number of carboxylic acid groups (broad SMARTS) is 1. The Bertz CT molecular complexity index is 857. The van der Waals surface area contributed by atoms with E-state index in [0.29, 0.717) is 11.3 Å². The van der Waals surface area contributed by atoms with Crippen LogP contribution >= 0.6 is 0 Å². The Kier molecular flexibility index (Phi) is 2.83. The van der Waals surface area contributed by atoms with Crippen molar-refractivity contribution < 1.29 is 14.7 Å². The molecule has 3 N–H and O–H groups in total. The van der Waals surface area contributed by atoms with Gasteiger partial charge in [0.15, 0.2) is 11.3 Å². The van der Waals surface area contributed by atoms with Crippen molar-refractivity contribution in [3.63, 3.8) is 0 Å². The van der Waals surface area contributed by atoms with Crippen LogP contribution in [0, 0.1) is 0 Å². The molecule has 0 aliphatic heterocycles. The summed E-state index contributed by atoms with van der Waals surface area (Å²) in [6.45, 7) is 0. The van der Waals surface area contributed by atoms with Gasteiger partial charge in [-0.15, -0.1) is 0 Å². The number of hydrogen-bond acceptors (Lipinski definition) is 5. The molecule has 104 valence electrons. The van der Waals surface area contributed by atoms with Crippen molar-refractivity contribution in [2.75, 3.05) is 0 Å². The molecule has 0 saturated carbocycles. The van der Waals surface area contributed by atoms with Gasteiger partial charge < -0.3 is 10.8 Å². The van der Waals surface area contributed by atoms with E-state index in [1.165, 1.54) is 12.3 Å². The van der Waals surface area contributed by atoms with Crippen LogP contribution in [0.1, 0.15) is 20.8 Å². The standard InChI is InChI=1S/C13H9N5O3/c14-11(19)8-6-16-18-10(13(20)21)5-9(17-12(8)18)7-1-3-15-4-2-7/h1-6H,(H2,14,19)(H,20,21). The molecule has 3 heterocycles. The Labute approximate surface area is 117 Å². The fourth-order valence-corrected chi connectivity index (χ4v) is 1.96. The topological polar surface area (TPSA) is 123 Å². The van der Waals surface area contributed by atoms with Gasteiger partial charge in [0.1, 0.15) is 5.56 Å². The van der Waals surface area contributed by atoms with Gasteiger partial charge in [0, 0.05) is 18.0 Å². The third-order valence-corrected chi connectivity index (χ3v) is 2.93. The first kappa shape index (κ1) is 12.7. The first-order valence-corrected chi connectivity index (χ1v) is 5.90. The molecule has 0 aliphatic carbocycles. The lowest BCUT2D eigenvalue weighted by molar-refractivity contribution is 0.0687. The van der Waals surface area contributed by atoms with E-state index in [1.54, 1.807) is 24.5 Å². The number of nitrogens with zero attached hydrogens (tertiary/aromatic N) is 4. The van der Waals surface area contributed by atoms with Crippen LogP contribution in [0.3, 0.4) is 0 Å². The molecule has 0 aliphatic rings. The number of carboxylic acids is 1. The van der Waals surface area contributed by atoms with E-state index in [1.807, 2.05) is 0 Å². The zero-order valence-electron chi connectivity index (χ0n) is 10.6. The highest BCUT2D eigenvalue weighted by molar-refractivity contribution is 5.99. The van der Waals surface area contributed by atoms with Crippen LogP contribution in [0.25, 0.3) is 16.9 Å². The van der Waals surface area contributed by atoms with Crippen molar-refractivity contribution in [1.29, 1.82) is 0 Å². The van der Waals surface area contributed by atoms with Crippen molar-refractivity contribution in [3.05, 3.63) is 48.0 Å². The van der Waals surface area contributed by atoms with Crippen LogP contribution in [-0.4, -0.2) is 36.6 Å². The SMILES string of the molecule is NC(=O)c1cnn2c(C(=O)O)cc(-c3ccncc3)nc12. The number of aromatic nitrogens is 4. The Morgan fingerprint density at radius 1 is 1.24 bits per heavy atom. The molecule has 8 heteroatoms. The van der Waals surface area contributed by atoms with Crippen molar-refractivity contribution in [2.45, 2.75) is 0 Å². The number of nitrogens with two attached hydrogens (primary N) is 1. The molecule has 8 nitrogen and oxygen atoms in total. The molecule has 0 fully saturated rings. The van der Waals surface area contributed by atoms with Crippen molar-refractivity contribution in [2.24, 2.45) is 5.73 Å². The van der Waals surface area contributed by atoms with Crippen LogP contribution < -0.4 is 5.73 Å². The van der Waals surface area contributed by atoms with Crippen molar-refractivity contribution in [3.8, 4) is 11.3 Å². The minimum absolute atomic E-state index is 0.0633. The summed E-state index contributed by atoms with van der Waals surface area (Å²) in [4.78, 5) is 30.9. The first-order chi connectivity index (χ1) is 10.1. The van der Waals surface area contributed by atoms with Crippen LogP contribution in [0.5, 0.6) is 0 Å². The predicted octanol–water partition coefficient (Wildman–Crippen LogP) is 0.588. The van der Waals surface area contributed by atoms with Crippen LogP contribution in [-0.2, 0) is 0 Å². The fraction of sp³-hybridized carbons (Fsp3) is 0. The largest absolute Gasteiger partial charge is 0.477 e. The highest BCUT2D eigenvalue weighted by Crippen LogP contribution is 2.20. The van der Waals surface area contributed by atoms with E-state index in [2.05, 4.69) is 15.1 Å². The third-order valence-electron chi connectivity index (χ3n) is 2.93. The van der Waals surface area contributed by atoms with Crippen LogP contribution in [0.15, 0.2) is 36.8 Å². The molecular formula is C13H9N5O3. The predicted molar refractivity (Wildman–Crippen MR) is 71.7 cm³/mol. The number of carbonyl (C=O) groups is 2. The second-order valence-corrected chi connectivity index (χ2v) is 4.23. The summed E-state index contributed by atoms with van der Waals surface area (Å²) < 4.78 is 1.08. The van der Waals surface area contributed by atoms with E-state index < -0.39 is 11.9 Å². The summed E-state index contributed by atoms with van der Waals surface area (Å²) >= 11 is 0. The zero-order valence-corrected chi connectivity index (χ0v) is 10.6. The number of pyridine rings is 1. The highest BCUT2D eigenvalue weighted by atomic mass is 16.4. The molecule has 0 atom stereocenters. The summed E-state index contributed by atoms with van der Waals surface area (Å²) in [6, 6.07) is 4.75. The van der Waals surface area contributed by atoms with Gasteiger partial charge >= 0.3 is 5.97 Å². The average molecular weight is 283 g/mol. The number of amides is 1. The van der Waals surface area contributed by atoms with Crippen LogP contribution in [0.4, 0.5) is 0 Å². The number of hydrogen-bond donors (Lipinski definition) is 2. The van der Waals surface area contributed by atoms with E-state index in [-0.39, 0.29) is 16.9 Å². The Balaban J connectivity index is 2.35. The summed E-state index contributed by atoms with van der Waals surface area (Å²) in [5.41, 5.74) is 6.37. The number of fused-ring (bicyclic) bond motifs is 1. The lowest BCUT2D eigenvalue weighted by atomic mass is 10.1. The van der Waals surface area contributed by atoms with Crippen molar-refractivity contribution in [1.82, 2.24) is 19.6 Å². The van der Waals surface area contributed by atoms with Gasteiger partial charge in [0.05, 0.1) is 11.9 Å². The molecule has 0 bridgehead atoms. The van der Waals surface area contributed by atoms with Gasteiger partial charge in [-0.25, -0.2) is 14.3 Å². The summed E-state index contributed by atoms with van der Waals surface area (Å²) in [5.74, 6) is -1.91. The third kappa shape index (κ3) is 2.08. The molecule has 3 aromatic heterocycles. The molecular weight excluding hydrogens is 274 g/mol. The molecule has 21 heavy (non-hydrogen) atoms. The molecule has 0 saturated heterocycles. The lowest BCUT2D eigenvalue weighted by Gasteiger charge is -2.05. The highest BCUT2D eigenvalue weighted by Gasteiger charge is 2.18. The molecule has 3 aromatic rings. The smallest absolute Gasteiger partial charge is 0.354 e. The second-order valence-electron chi connectivity index (χ2n) is 4.23. The van der Waals surface area contributed by atoms with Crippen molar-refractivity contribution >= 4 is 17.5 Å². The van der Waals surface area contributed by atoms with Gasteiger partial charge in [-0.3, -0.25) is 9.78 Å². The average Bonchev–Trinajstić information content (AvgIpc) is 2.90. The Hall–Kier alpha value is -3.29. The second kappa shape index (κ2) is 4.67. The van der Waals surface area contributed by atoms with Gasteiger partial charge in [-0.1, -0.05) is 0 Å². The summed E-state index contributed by atoms with van der Waals surface area (Å²) in [6.07, 6.45) is 4.33. The summed E-state index contributed by atoms with van der Waals surface area (Å²) in [7, 11) is 0. The van der Waals surface area contributed by atoms with Gasteiger partial charge in [0.2, 0.25) is 0 Å². The van der Waals surface area contributed by atoms with E-state index in [9.17, 15) is 14.7 Å². The molecule has 0 spiro atoms. The number of carbonyl (C=O) groups excluding carboxylic acids is 1. The lowest BCUT2D eigenvalue weighted by Crippen LogP contribution is -2.13. The van der Waals surface area contributed by atoms with Gasteiger partial charge in [-0.05, 0) is 18.2 Å². The monoisotopic (exact) mass is 283 g/mol. The molecule has 0 unspecified atom stereocenters. The quantitative estimate of drug-likeness (QED) is 0.725. The maximum absolute atomic E-state index is 11.4. The Morgan fingerprint density at radius 2 is 1.95 bits per heavy atom. The van der Waals surface area contributed by atoms with E-state index >= 15 is 0 Å². The maximum atomic E-state index is 11.4. The molecule has 3 rings (SSSR count). The Morgan fingerprint density at radius 3 is 2.57 bits per heavy atom. The normalized spacial score (nSPS) is 10.7. The number of primary amides is 1. The number of rotatable bonds is 3. The zero-order chi connectivity index (χ0) is 15.0. The maximum Gasteiger partial charge on any atom is 0.354 e. The van der Waals surface area contributed by atoms with Gasteiger partial charge in [-0.2, -0.15) is 5.10 Å². The summed E-state index contributed by atoms with van der Waals surface area (Å²) in [5, 5.41) is 13.1. The molecule has 0 aromatic carbocycles.